The van der Waals surface area contributed by atoms with E-state index in [1.807, 2.05) is 24.3 Å². The first-order valence-corrected chi connectivity index (χ1v) is 7.41. The minimum absolute atomic E-state index is 0.776. The van der Waals surface area contributed by atoms with Gasteiger partial charge in [0.25, 0.3) is 0 Å². The summed E-state index contributed by atoms with van der Waals surface area (Å²) in [6.45, 7) is 2.08. The molecule has 0 fully saturated rings. The molecule has 0 amide bonds. The van der Waals surface area contributed by atoms with E-state index in [-0.39, 0.29) is 0 Å². The second-order valence-electron chi connectivity index (χ2n) is 4.48. The summed E-state index contributed by atoms with van der Waals surface area (Å²) in [5.74, 6) is 0.860. The molecule has 0 aliphatic heterocycles. The smallest absolute Gasteiger partial charge is 0.166 e. The summed E-state index contributed by atoms with van der Waals surface area (Å²) in [7, 11) is 0. The van der Waals surface area contributed by atoms with Crippen LogP contribution in [0.4, 0.5) is 0 Å². The van der Waals surface area contributed by atoms with E-state index in [0.29, 0.717) is 0 Å². The predicted octanol–water partition coefficient (Wildman–Crippen LogP) is 4.82. The fourth-order valence-electron chi connectivity index (χ4n) is 1.95. The lowest BCUT2D eigenvalue weighted by Gasteiger charge is -1.99. The van der Waals surface area contributed by atoms with Crippen molar-refractivity contribution in [2.45, 2.75) is 17.8 Å². The van der Waals surface area contributed by atoms with Gasteiger partial charge in [0.05, 0.1) is 11.0 Å². The van der Waals surface area contributed by atoms with E-state index in [1.165, 1.54) is 11.1 Å². The van der Waals surface area contributed by atoms with Crippen molar-refractivity contribution >= 4 is 34.4 Å². The van der Waals surface area contributed by atoms with Crippen molar-refractivity contribution in [2.75, 3.05) is 0 Å². The fraction of sp³-hybridized carbons (Fsp3) is 0.133. The third-order valence-electron chi connectivity index (χ3n) is 2.88. The van der Waals surface area contributed by atoms with Crippen molar-refractivity contribution < 1.29 is 0 Å². The van der Waals surface area contributed by atoms with Gasteiger partial charge in [0, 0.05) is 10.8 Å². The first-order valence-electron chi connectivity index (χ1n) is 6.04. The van der Waals surface area contributed by atoms with Crippen molar-refractivity contribution in [3.63, 3.8) is 0 Å². The predicted molar refractivity (Wildman–Crippen MR) is 81.8 cm³/mol. The first-order chi connectivity index (χ1) is 9.20. The van der Waals surface area contributed by atoms with Gasteiger partial charge in [-0.1, -0.05) is 41.6 Å². The van der Waals surface area contributed by atoms with E-state index >= 15 is 0 Å². The molecule has 0 atom stereocenters. The molecule has 0 spiro atoms. The lowest BCUT2D eigenvalue weighted by atomic mass is 10.2. The molecular formula is C15H13ClN2S. The molecule has 4 heteroatoms. The van der Waals surface area contributed by atoms with Gasteiger partial charge in [-0.15, -0.1) is 0 Å². The SMILES string of the molecule is Cc1ccc2nc(SCc3cccc(Cl)c3)[nH]c2c1. The zero-order valence-corrected chi connectivity index (χ0v) is 12.1. The Labute approximate surface area is 121 Å². The Hall–Kier alpha value is -1.45. The maximum atomic E-state index is 5.98. The number of rotatable bonds is 3. The third kappa shape index (κ3) is 2.94. The average molecular weight is 289 g/mol. The number of aryl methyl sites for hydroxylation is 1. The topological polar surface area (TPSA) is 28.7 Å². The van der Waals surface area contributed by atoms with Crippen molar-refractivity contribution in [3.05, 3.63) is 58.6 Å². The zero-order valence-electron chi connectivity index (χ0n) is 10.5. The van der Waals surface area contributed by atoms with Crippen LogP contribution in [0.2, 0.25) is 5.02 Å². The quantitative estimate of drug-likeness (QED) is 0.700. The Morgan fingerprint density at radius 2 is 2.11 bits per heavy atom. The van der Waals surface area contributed by atoms with E-state index in [2.05, 4.69) is 35.1 Å². The van der Waals surface area contributed by atoms with Crippen LogP contribution >= 0.6 is 23.4 Å². The summed E-state index contributed by atoms with van der Waals surface area (Å²) < 4.78 is 0. The largest absolute Gasteiger partial charge is 0.333 e. The molecule has 1 heterocycles. The number of imidazole rings is 1. The minimum atomic E-state index is 0.776. The Morgan fingerprint density at radius 3 is 2.95 bits per heavy atom. The summed E-state index contributed by atoms with van der Waals surface area (Å²) in [6, 6.07) is 14.2. The number of nitrogens with zero attached hydrogens (tertiary/aromatic N) is 1. The summed E-state index contributed by atoms with van der Waals surface area (Å²) >= 11 is 7.66. The number of H-pyrrole nitrogens is 1. The van der Waals surface area contributed by atoms with Crippen LogP contribution in [0.15, 0.2) is 47.6 Å². The normalized spacial score (nSPS) is 11.1. The van der Waals surface area contributed by atoms with E-state index in [0.717, 1.165) is 27.0 Å². The molecule has 0 aliphatic rings. The van der Waals surface area contributed by atoms with Crippen LogP contribution in [0.5, 0.6) is 0 Å². The Bertz CT molecular complexity index is 721. The number of hydrogen-bond acceptors (Lipinski definition) is 2. The molecule has 2 aromatic carbocycles. The summed E-state index contributed by atoms with van der Waals surface area (Å²) in [5, 5.41) is 1.72. The van der Waals surface area contributed by atoms with Gasteiger partial charge in [-0.05, 0) is 42.3 Å². The number of aromatic nitrogens is 2. The summed E-state index contributed by atoms with van der Waals surface area (Å²) in [5.41, 5.74) is 4.55. The molecule has 0 saturated heterocycles. The Morgan fingerprint density at radius 1 is 1.21 bits per heavy atom. The highest BCUT2D eigenvalue weighted by atomic mass is 35.5. The molecule has 3 rings (SSSR count). The number of nitrogens with one attached hydrogen (secondary N) is 1. The van der Waals surface area contributed by atoms with Crippen LogP contribution in [0, 0.1) is 6.92 Å². The van der Waals surface area contributed by atoms with E-state index in [1.54, 1.807) is 11.8 Å². The van der Waals surface area contributed by atoms with Gasteiger partial charge >= 0.3 is 0 Å². The Balaban J connectivity index is 1.78. The van der Waals surface area contributed by atoms with Gasteiger partial charge in [0.1, 0.15) is 0 Å². The Kier molecular flexibility index (Phi) is 3.49. The molecule has 0 bridgehead atoms. The van der Waals surface area contributed by atoms with Crippen LogP contribution in [0.25, 0.3) is 11.0 Å². The van der Waals surface area contributed by atoms with E-state index in [4.69, 9.17) is 11.6 Å². The minimum Gasteiger partial charge on any atom is -0.333 e. The van der Waals surface area contributed by atoms with Gasteiger partial charge in [0.15, 0.2) is 5.16 Å². The first kappa shape index (κ1) is 12.6. The van der Waals surface area contributed by atoms with Gasteiger partial charge < -0.3 is 4.98 Å². The van der Waals surface area contributed by atoms with Crippen molar-refractivity contribution in [3.8, 4) is 0 Å². The zero-order chi connectivity index (χ0) is 13.2. The number of fused-ring (bicyclic) bond motifs is 1. The lowest BCUT2D eigenvalue weighted by Crippen LogP contribution is -1.81. The number of aromatic amines is 1. The maximum Gasteiger partial charge on any atom is 0.166 e. The van der Waals surface area contributed by atoms with Crippen molar-refractivity contribution in [1.29, 1.82) is 0 Å². The van der Waals surface area contributed by atoms with Crippen molar-refractivity contribution in [2.24, 2.45) is 0 Å². The second kappa shape index (κ2) is 5.27. The highest BCUT2D eigenvalue weighted by Crippen LogP contribution is 2.24. The molecular weight excluding hydrogens is 276 g/mol. The number of benzene rings is 2. The summed E-state index contributed by atoms with van der Waals surface area (Å²) in [6.07, 6.45) is 0. The van der Waals surface area contributed by atoms with Gasteiger partial charge in [-0.2, -0.15) is 0 Å². The molecule has 0 saturated carbocycles. The molecule has 1 N–H and O–H groups in total. The second-order valence-corrected chi connectivity index (χ2v) is 5.88. The molecule has 96 valence electrons. The van der Waals surface area contributed by atoms with Gasteiger partial charge in [-0.25, -0.2) is 4.98 Å². The van der Waals surface area contributed by atoms with E-state index < -0.39 is 0 Å². The van der Waals surface area contributed by atoms with Crippen molar-refractivity contribution in [1.82, 2.24) is 9.97 Å². The highest BCUT2D eigenvalue weighted by Gasteiger charge is 2.04. The molecule has 1 aromatic heterocycles. The van der Waals surface area contributed by atoms with Gasteiger partial charge in [0.2, 0.25) is 0 Å². The molecule has 0 unspecified atom stereocenters. The molecule has 0 radical (unpaired) electrons. The van der Waals surface area contributed by atoms with Gasteiger partial charge in [-0.3, -0.25) is 0 Å². The monoisotopic (exact) mass is 288 g/mol. The molecule has 0 aliphatic carbocycles. The standard InChI is InChI=1S/C15H13ClN2S/c1-10-5-6-13-14(7-10)18-15(17-13)19-9-11-3-2-4-12(16)8-11/h2-8H,9H2,1H3,(H,17,18). The fourth-order valence-corrected chi connectivity index (χ4v) is 2.99. The number of halogens is 1. The van der Waals surface area contributed by atoms with Crippen LogP contribution < -0.4 is 0 Å². The third-order valence-corrected chi connectivity index (χ3v) is 4.06. The average Bonchev–Trinajstić information content (AvgIpc) is 2.78. The lowest BCUT2D eigenvalue weighted by molar-refractivity contribution is 1.08. The van der Waals surface area contributed by atoms with Crippen LogP contribution in [-0.4, -0.2) is 9.97 Å². The van der Waals surface area contributed by atoms with E-state index in [9.17, 15) is 0 Å². The highest BCUT2D eigenvalue weighted by molar-refractivity contribution is 7.98. The van der Waals surface area contributed by atoms with Crippen LogP contribution in [0.1, 0.15) is 11.1 Å². The number of hydrogen-bond donors (Lipinski definition) is 1. The maximum absolute atomic E-state index is 5.98. The van der Waals surface area contributed by atoms with Crippen LogP contribution in [0.3, 0.4) is 0 Å². The molecule has 19 heavy (non-hydrogen) atoms. The number of thioether (sulfide) groups is 1. The molecule has 2 nitrogen and oxygen atoms in total. The molecule has 3 aromatic rings. The van der Waals surface area contributed by atoms with Crippen LogP contribution in [-0.2, 0) is 5.75 Å². The summed E-state index contributed by atoms with van der Waals surface area (Å²) in [4.78, 5) is 7.91.